The van der Waals surface area contributed by atoms with Crippen molar-refractivity contribution < 1.29 is 51.8 Å². The van der Waals surface area contributed by atoms with Crippen molar-refractivity contribution in [1.29, 1.82) is 0 Å². The number of aliphatic hydroxyl groups excluding tert-OH is 4. The first kappa shape index (κ1) is 70.9. The molecule has 0 spiro atoms. The van der Waals surface area contributed by atoms with Gasteiger partial charge in [0.25, 0.3) is 0 Å². The van der Waals surface area contributed by atoms with Gasteiger partial charge in [0.15, 0.2) is 6.29 Å². The molecule has 0 radical (unpaired) electrons. The Bertz CT molecular complexity index is 1350. The lowest BCUT2D eigenvalue weighted by Crippen LogP contribution is -2.61. The Hall–Kier alpha value is -1.16. The first-order valence-electron chi connectivity index (χ1n) is 31.6. The van der Waals surface area contributed by atoms with Gasteiger partial charge in [-0.05, 0) is 38.5 Å². The lowest BCUT2D eigenvalue weighted by Gasteiger charge is -2.41. The molecule has 7 unspecified atom stereocenters. The fraction of sp³-hybridized carbons (Fsp3) is 0.951. The summed E-state index contributed by atoms with van der Waals surface area (Å²) in [5.41, 5.74) is 0. The van der Waals surface area contributed by atoms with Gasteiger partial charge in [-0.2, -0.15) is 8.42 Å². The predicted molar refractivity (Wildman–Crippen MR) is 306 cm³/mol. The fourth-order valence-electron chi connectivity index (χ4n) is 10.5. The lowest BCUT2D eigenvalue weighted by molar-refractivity contribution is -0.298. The smallest absolute Gasteiger partial charge is 0.394 e. The van der Waals surface area contributed by atoms with Crippen LogP contribution in [0.5, 0.6) is 0 Å². The molecule has 74 heavy (non-hydrogen) atoms. The minimum absolute atomic E-state index is 0.224. The van der Waals surface area contributed by atoms with Crippen LogP contribution in [-0.2, 0) is 28.9 Å². The van der Waals surface area contributed by atoms with Crippen LogP contribution in [0.2, 0.25) is 0 Å². The number of unbranched alkanes of at least 4 members (excludes halogenated alkanes) is 42. The molecule has 1 heterocycles. The highest BCUT2D eigenvalue weighted by molar-refractivity contribution is 7.80. The number of carbonyl (C=O) groups is 1. The molecule has 13 heteroatoms. The van der Waals surface area contributed by atoms with Crippen molar-refractivity contribution in [1.82, 2.24) is 5.32 Å². The molecule has 1 saturated heterocycles. The van der Waals surface area contributed by atoms with Gasteiger partial charge in [0.05, 0.1) is 25.4 Å². The van der Waals surface area contributed by atoms with Crippen LogP contribution in [-0.4, -0.2) is 95.4 Å². The summed E-state index contributed by atoms with van der Waals surface area (Å²) in [7, 11) is -5.08. The van der Waals surface area contributed by atoms with Crippen molar-refractivity contribution in [2.24, 2.45) is 0 Å². The van der Waals surface area contributed by atoms with Gasteiger partial charge in [-0.3, -0.25) is 9.35 Å². The van der Waals surface area contributed by atoms with E-state index in [1.165, 1.54) is 238 Å². The largest absolute Gasteiger partial charge is 0.397 e. The molecule has 1 aliphatic heterocycles. The molecule has 440 valence electrons. The Morgan fingerprint density at radius 2 is 0.865 bits per heavy atom. The average Bonchev–Trinajstić information content (AvgIpc) is 3.38. The van der Waals surface area contributed by atoms with Gasteiger partial charge in [0, 0.05) is 6.42 Å². The number of hydrogen-bond acceptors (Lipinski definition) is 10. The second-order valence-electron chi connectivity index (χ2n) is 22.4. The maximum Gasteiger partial charge on any atom is 0.397 e. The van der Waals surface area contributed by atoms with Gasteiger partial charge in [0.2, 0.25) is 5.91 Å². The second-order valence-corrected chi connectivity index (χ2v) is 23.4. The summed E-state index contributed by atoms with van der Waals surface area (Å²) < 4.78 is 47.9. The van der Waals surface area contributed by atoms with Crippen LogP contribution in [0.3, 0.4) is 0 Å². The van der Waals surface area contributed by atoms with Gasteiger partial charge < -0.3 is 35.2 Å². The Balaban J connectivity index is 2.22. The molecule has 1 amide bonds. The SMILES string of the molecule is CCCCCCCCCCCCCC/C=C\CCCCCCCCCCCCCCCCCCC(=O)NC(COC1OC(CO)C(O)C(OS(=O)(=O)O)C1O)C(O)CCCCCCCCCCCCCCCCC. The summed E-state index contributed by atoms with van der Waals surface area (Å²) in [5.74, 6) is -0.224. The highest BCUT2D eigenvalue weighted by atomic mass is 32.3. The number of aliphatic hydroxyl groups is 4. The number of carbonyl (C=O) groups excluding carboxylic acids is 1. The highest BCUT2D eigenvalue weighted by Gasteiger charge is 2.48. The number of allylic oxidation sites excluding steroid dienone is 2. The second kappa shape index (κ2) is 51.3. The molecule has 0 aliphatic carbocycles. The molecule has 12 nitrogen and oxygen atoms in total. The van der Waals surface area contributed by atoms with Crippen molar-refractivity contribution in [2.45, 2.75) is 358 Å². The number of nitrogens with one attached hydrogen (secondary N) is 1. The van der Waals surface area contributed by atoms with E-state index in [-0.39, 0.29) is 12.5 Å². The van der Waals surface area contributed by atoms with Crippen molar-refractivity contribution in [2.75, 3.05) is 13.2 Å². The maximum absolute atomic E-state index is 13.2. The van der Waals surface area contributed by atoms with E-state index >= 15 is 0 Å². The molecule has 0 aromatic carbocycles. The monoisotopic (exact) mass is 1070 g/mol. The standard InChI is InChI=1S/C61H119NO11S/c1-3-5-7-9-11-13-15-17-19-20-21-22-23-24-25-26-27-28-29-30-31-32-33-34-35-37-39-41-43-45-47-49-51-57(65)62-54(53-71-61-59(67)60(73-74(68,69)70)58(66)56(52-63)72-61)55(64)50-48-46-44-42-40-38-36-18-16-14-12-10-8-6-4-2/h24-25,54-56,58-61,63-64,66-67H,3-23,26-53H2,1-2H3,(H,62,65)(H,68,69,70)/b25-24-. The average molecular weight is 1070 g/mol. The van der Waals surface area contributed by atoms with Crippen LogP contribution in [0.15, 0.2) is 12.2 Å². The summed E-state index contributed by atoms with van der Waals surface area (Å²) in [6.07, 6.45) is 53.8. The Kier molecular flexibility index (Phi) is 49.1. The molecule has 6 N–H and O–H groups in total. The molecular weight excluding hydrogens is 955 g/mol. The fourth-order valence-corrected chi connectivity index (χ4v) is 11.0. The number of ether oxygens (including phenoxy) is 2. The summed E-state index contributed by atoms with van der Waals surface area (Å²) in [6.45, 7) is 3.50. The van der Waals surface area contributed by atoms with Crippen LogP contribution in [0, 0.1) is 0 Å². The zero-order chi connectivity index (χ0) is 54.0. The topological polar surface area (TPSA) is 192 Å². The number of hydrogen-bond donors (Lipinski definition) is 6. The molecule has 1 rings (SSSR count). The first-order valence-corrected chi connectivity index (χ1v) is 32.9. The summed E-state index contributed by atoms with van der Waals surface area (Å²) in [5, 5.41) is 45.1. The zero-order valence-corrected chi connectivity index (χ0v) is 48.8. The van der Waals surface area contributed by atoms with Crippen molar-refractivity contribution in [3.8, 4) is 0 Å². The minimum Gasteiger partial charge on any atom is -0.394 e. The van der Waals surface area contributed by atoms with Crippen LogP contribution < -0.4 is 5.32 Å². The Morgan fingerprint density at radius 1 is 0.527 bits per heavy atom. The molecule has 7 atom stereocenters. The quantitative estimate of drug-likeness (QED) is 0.0193. The van der Waals surface area contributed by atoms with E-state index in [4.69, 9.17) is 9.47 Å². The van der Waals surface area contributed by atoms with E-state index < -0.39 is 59.9 Å². The van der Waals surface area contributed by atoms with Gasteiger partial charge in [0.1, 0.15) is 24.4 Å². The Morgan fingerprint density at radius 3 is 1.22 bits per heavy atom. The first-order chi connectivity index (χ1) is 36.0. The van der Waals surface area contributed by atoms with Crippen LogP contribution in [0.1, 0.15) is 316 Å². The van der Waals surface area contributed by atoms with Gasteiger partial charge >= 0.3 is 10.4 Å². The summed E-state index contributed by atoms with van der Waals surface area (Å²) in [6, 6.07) is -0.855. The highest BCUT2D eigenvalue weighted by Crippen LogP contribution is 2.26. The van der Waals surface area contributed by atoms with Crippen molar-refractivity contribution in [3.05, 3.63) is 12.2 Å². The normalized spacial score (nSPS) is 19.1. The molecule has 0 bridgehead atoms. The van der Waals surface area contributed by atoms with Gasteiger partial charge in [-0.25, -0.2) is 4.18 Å². The number of rotatable bonds is 56. The van der Waals surface area contributed by atoms with Gasteiger partial charge in [-0.15, -0.1) is 0 Å². The molecule has 0 saturated carbocycles. The third-order valence-corrected chi connectivity index (χ3v) is 15.8. The van der Waals surface area contributed by atoms with Gasteiger partial charge in [-0.1, -0.05) is 283 Å². The van der Waals surface area contributed by atoms with Crippen LogP contribution in [0.25, 0.3) is 0 Å². The van der Waals surface area contributed by atoms with Crippen LogP contribution in [0.4, 0.5) is 0 Å². The summed E-state index contributed by atoms with van der Waals surface area (Å²) in [4.78, 5) is 13.2. The van der Waals surface area contributed by atoms with Crippen molar-refractivity contribution in [3.63, 3.8) is 0 Å². The lowest BCUT2D eigenvalue weighted by atomic mass is 9.99. The maximum atomic E-state index is 13.2. The predicted octanol–water partition coefficient (Wildman–Crippen LogP) is 15.4. The molecule has 1 fully saturated rings. The molecule has 1 aliphatic rings. The van der Waals surface area contributed by atoms with Crippen molar-refractivity contribution >= 4 is 16.3 Å². The molecule has 0 aromatic heterocycles. The zero-order valence-electron chi connectivity index (χ0n) is 47.9. The van der Waals surface area contributed by atoms with E-state index in [1.807, 2.05) is 0 Å². The number of amides is 1. The Labute approximate surface area is 455 Å². The third-order valence-electron chi connectivity index (χ3n) is 15.3. The van der Waals surface area contributed by atoms with E-state index in [9.17, 15) is 38.2 Å². The summed E-state index contributed by atoms with van der Waals surface area (Å²) >= 11 is 0. The molecular formula is C61H119NO11S. The van der Waals surface area contributed by atoms with E-state index in [1.54, 1.807) is 0 Å². The molecule has 0 aromatic rings. The van der Waals surface area contributed by atoms with E-state index in [0.717, 1.165) is 51.4 Å². The minimum atomic E-state index is -5.08. The van der Waals surface area contributed by atoms with E-state index in [2.05, 4.69) is 35.5 Å². The third kappa shape index (κ3) is 42.8. The van der Waals surface area contributed by atoms with E-state index in [0.29, 0.717) is 12.8 Å². The van der Waals surface area contributed by atoms with Crippen LogP contribution >= 0.6 is 0 Å².